The van der Waals surface area contributed by atoms with E-state index in [9.17, 15) is 9.18 Å². The molecule has 2 N–H and O–H groups in total. The maximum absolute atomic E-state index is 13.4. The van der Waals surface area contributed by atoms with E-state index in [1.165, 1.54) is 12.1 Å². The fourth-order valence-corrected chi connectivity index (χ4v) is 4.40. The van der Waals surface area contributed by atoms with E-state index >= 15 is 0 Å². The molecule has 0 bridgehead atoms. The fraction of sp³-hybridized carbons (Fsp3) is 0.550. The molecule has 2 aliphatic rings. The second-order valence-corrected chi connectivity index (χ2v) is 7.62. The van der Waals surface area contributed by atoms with Gasteiger partial charge in [-0.2, -0.15) is 4.98 Å². The average Bonchev–Trinajstić information content (AvgIpc) is 3.37. The first-order chi connectivity index (χ1) is 13.2. The largest absolute Gasteiger partial charge is 0.342 e. The maximum atomic E-state index is 13.4. The Kier molecular flexibility index (Phi) is 5.20. The molecule has 1 saturated carbocycles. The molecule has 1 aliphatic heterocycles. The predicted octanol–water partition coefficient (Wildman–Crippen LogP) is 2.96. The van der Waals surface area contributed by atoms with Gasteiger partial charge in [0.2, 0.25) is 17.6 Å². The number of nitrogens with zero attached hydrogens (tertiary/aromatic N) is 3. The number of halogens is 1. The summed E-state index contributed by atoms with van der Waals surface area (Å²) in [7, 11) is 0. The van der Waals surface area contributed by atoms with E-state index in [0.717, 1.165) is 38.6 Å². The third-order valence-electron chi connectivity index (χ3n) is 5.89. The number of hydrogen-bond donors (Lipinski definition) is 1. The van der Waals surface area contributed by atoms with Crippen LogP contribution in [-0.2, 0) is 4.79 Å². The van der Waals surface area contributed by atoms with E-state index in [1.807, 2.05) is 4.90 Å². The van der Waals surface area contributed by atoms with Crippen molar-refractivity contribution in [3.8, 4) is 11.4 Å². The van der Waals surface area contributed by atoms with Crippen molar-refractivity contribution < 1.29 is 13.7 Å². The third kappa shape index (κ3) is 3.74. The van der Waals surface area contributed by atoms with E-state index in [-0.39, 0.29) is 23.6 Å². The van der Waals surface area contributed by atoms with Crippen LogP contribution in [0.1, 0.15) is 43.9 Å². The second-order valence-electron chi connectivity index (χ2n) is 7.62. The standard InChI is InChI=1S/C20H25FN4O2/c21-16-7-1-4-13(10-16)18-23-19(27-24-18)15-6-3-9-25(12-15)20(26)17-8-2-5-14(17)11-22/h1,4,7,10,14-15,17H,2-3,5-6,8-9,11-12,22H2/t14-,15?,17-/m1/s1. The number of piperidine rings is 1. The van der Waals surface area contributed by atoms with Gasteiger partial charge in [-0.25, -0.2) is 4.39 Å². The highest BCUT2D eigenvalue weighted by Gasteiger charge is 2.37. The van der Waals surface area contributed by atoms with E-state index in [0.29, 0.717) is 36.3 Å². The zero-order valence-corrected chi connectivity index (χ0v) is 15.3. The van der Waals surface area contributed by atoms with Gasteiger partial charge < -0.3 is 15.2 Å². The van der Waals surface area contributed by atoms with Gasteiger partial charge in [-0.3, -0.25) is 4.79 Å². The van der Waals surface area contributed by atoms with Gasteiger partial charge in [-0.1, -0.05) is 23.7 Å². The van der Waals surface area contributed by atoms with Crippen LogP contribution in [0.25, 0.3) is 11.4 Å². The van der Waals surface area contributed by atoms with Crippen molar-refractivity contribution in [1.82, 2.24) is 15.0 Å². The molecule has 1 amide bonds. The number of benzene rings is 1. The van der Waals surface area contributed by atoms with Gasteiger partial charge in [0.05, 0.1) is 5.92 Å². The molecule has 2 aromatic rings. The second kappa shape index (κ2) is 7.76. The van der Waals surface area contributed by atoms with Crippen LogP contribution in [0.5, 0.6) is 0 Å². The Hall–Kier alpha value is -2.28. The summed E-state index contributed by atoms with van der Waals surface area (Å²) >= 11 is 0. The van der Waals surface area contributed by atoms with Gasteiger partial charge in [0.1, 0.15) is 5.82 Å². The van der Waals surface area contributed by atoms with Crippen LogP contribution in [0.2, 0.25) is 0 Å². The summed E-state index contributed by atoms with van der Waals surface area (Å²) in [6.45, 7) is 1.94. The van der Waals surface area contributed by atoms with Gasteiger partial charge in [-0.05, 0) is 50.3 Å². The quantitative estimate of drug-likeness (QED) is 0.892. The third-order valence-corrected chi connectivity index (χ3v) is 5.89. The van der Waals surface area contributed by atoms with Crippen LogP contribution >= 0.6 is 0 Å². The first-order valence-corrected chi connectivity index (χ1v) is 9.74. The monoisotopic (exact) mass is 372 g/mol. The Bertz CT molecular complexity index is 809. The van der Waals surface area contributed by atoms with Crippen molar-refractivity contribution in [1.29, 1.82) is 0 Å². The summed E-state index contributed by atoms with van der Waals surface area (Å²) in [6.07, 6.45) is 4.88. The number of nitrogens with two attached hydrogens (primary N) is 1. The van der Waals surface area contributed by atoms with Crippen LogP contribution in [0.15, 0.2) is 28.8 Å². The summed E-state index contributed by atoms with van der Waals surface area (Å²) in [6, 6.07) is 6.14. The molecular formula is C20H25FN4O2. The highest BCUT2D eigenvalue weighted by Crippen LogP contribution is 2.35. The molecule has 144 valence electrons. The molecule has 1 aliphatic carbocycles. The van der Waals surface area contributed by atoms with Crippen molar-refractivity contribution in [2.45, 2.75) is 38.0 Å². The Labute approximate surface area is 157 Å². The van der Waals surface area contributed by atoms with Crippen LogP contribution in [0.4, 0.5) is 4.39 Å². The van der Waals surface area contributed by atoms with Gasteiger partial charge >= 0.3 is 0 Å². The van der Waals surface area contributed by atoms with E-state index in [4.69, 9.17) is 10.3 Å². The van der Waals surface area contributed by atoms with Gasteiger partial charge in [0, 0.05) is 24.6 Å². The van der Waals surface area contributed by atoms with E-state index in [1.54, 1.807) is 12.1 Å². The van der Waals surface area contributed by atoms with Crippen molar-refractivity contribution in [3.63, 3.8) is 0 Å². The van der Waals surface area contributed by atoms with Crippen LogP contribution in [-0.4, -0.2) is 40.6 Å². The Morgan fingerprint density at radius 3 is 3.00 bits per heavy atom. The number of aromatic nitrogens is 2. The normalized spacial score (nSPS) is 25.7. The summed E-state index contributed by atoms with van der Waals surface area (Å²) in [5.41, 5.74) is 6.44. The molecule has 0 radical (unpaired) electrons. The molecule has 1 saturated heterocycles. The number of likely N-dealkylation sites (tertiary alicyclic amines) is 1. The number of hydrogen-bond acceptors (Lipinski definition) is 5. The summed E-state index contributed by atoms with van der Waals surface area (Å²) in [4.78, 5) is 19.4. The molecule has 2 fully saturated rings. The van der Waals surface area contributed by atoms with Crippen LogP contribution in [0.3, 0.4) is 0 Å². The molecule has 0 spiro atoms. The predicted molar refractivity (Wildman–Crippen MR) is 98.1 cm³/mol. The minimum atomic E-state index is -0.334. The molecule has 4 rings (SSSR count). The number of carbonyl (C=O) groups excluding carboxylic acids is 1. The number of amides is 1. The summed E-state index contributed by atoms with van der Waals surface area (Å²) in [5, 5.41) is 4.00. The van der Waals surface area contributed by atoms with E-state index in [2.05, 4.69) is 10.1 Å². The lowest BCUT2D eigenvalue weighted by Crippen LogP contribution is -2.44. The number of carbonyl (C=O) groups is 1. The molecule has 27 heavy (non-hydrogen) atoms. The van der Waals surface area contributed by atoms with Crippen molar-refractivity contribution in [2.75, 3.05) is 19.6 Å². The molecule has 1 unspecified atom stereocenters. The van der Waals surface area contributed by atoms with Crippen molar-refractivity contribution >= 4 is 5.91 Å². The number of rotatable bonds is 4. The zero-order chi connectivity index (χ0) is 18.8. The smallest absolute Gasteiger partial charge is 0.231 e. The Balaban J connectivity index is 1.46. The van der Waals surface area contributed by atoms with Crippen LogP contribution in [0, 0.1) is 17.7 Å². The minimum absolute atomic E-state index is 0.0234. The molecule has 7 heteroatoms. The summed E-state index contributed by atoms with van der Waals surface area (Å²) < 4.78 is 18.9. The molecule has 1 aromatic heterocycles. The topological polar surface area (TPSA) is 85.3 Å². The highest BCUT2D eigenvalue weighted by molar-refractivity contribution is 5.79. The summed E-state index contributed by atoms with van der Waals surface area (Å²) in [5.74, 6) is 1.17. The highest BCUT2D eigenvalue weighted by atomic mass is 19.1. The molecule has 3 atom stereocenters. The first kappa shape index (κ1) is 18.1. The van der Waals surface area contributed by atoms with Gasteiger partial charge in [0.15, 0.2) is 0 Å². The fourth-order valence-electron chi connectivity index (χ4n) is 4.40. The van der Waals surface area contributed by atoms with E-state index < -0.39 is 0 Å². The molecule has 2 heterocycles. The van der Waals surface area contributed by atoms with Gasteiger partial charge in [0.25, 0.3) is 0 Å². The minimum Gasteiger partial charge on any atom is -0.342 e. The van der Waals surface area contributed by atoms with Crippen molar-refractivity contribution in [3.05, 3.63) is 36.0 Å². The molecular weight excluding hydrogens is 347 g/mol. The maximum Gasteiger partial charge on any atom is 0.231 e. The zero-order valence-electron chi connectivity index (χ0n) is 15.3. The SMILES string of the molecule is NC[C@H]1CCC[C@H]1C(=O)N1CCCC(c2nc(-c3cccc(F)c3)no2)C1. The van der Waals surface area contributed by atoms with Crippen molar-refractivity contribution in [2.24, 2.45) is 17.6 Å². The van der Waals surface area contributed by atoms with Crippen LogP contribution < -0.4 is 5.73 Å². The molecule has 1 aromatic carbocycles. The Morgan fingerprint density at radius 1 is 1.30 bits per heavy atom. The molecule has 6 nitrogen and oxygen atoms in total. The lowest BCUT2D eigenvalue weighted by atomic mass is 9.92. The van der Waals surface area contributed by atoms with Gasteiger partial charge in [-0.15, -0.1) is 0 Å². The Morgan fingerprint density at radius 2 is 2.19 bits per heavy atom. The average molecular weight is 372 g/mol. The lowest BCUT2D eigenvalue weighted by molar-refractivity contribution is -0.138. The lowest BCUT2D eigenvalue weighted by Gasteiger charge is -2.34. The first-order valence-electron chi connectivity index (χ1n) is 9.74.